The van der Waals surface area contributed by atoms with Crippen LogP contribution in [0.1, 0.15) is 67.5 Å². The zero-order chi connectivity index (χ0) is 27.4. The summed E-state index contributed by atoms with van der Waals surface area (Å²) < 4.78 is 20.8. The third-order valence-corrected chi connectivity index (χ3v) is 18.2. The summed E-state index contributed by atoms with van der Waals surface area (Å²) in [4.78, 5) is 9.22. The second-order valence-corrected chi connectivity index (χ2v) is 21.7. The van der Waals surface area contributed by atoms with E-state index >= 15 is 0 Å². The molecule has 2 N–H and O–H groups in total. The maximum atomic E-state index is 11.3. The van der Waals surface area contributed by atoms with Gasteiger partial charge in [-0.25, -0.2) is 9.97 Å². The molecule has 2 rings (SSSR count). The molecular weight excluding hydrogens is 621 g/mol. The molecular formula is C25H48IN3O4SSi2. The number of hydrogen-bond donors (Lipinski definition) is 2. The molecule has 1 aliphatic rings. The Labute approximate surface area is 239 Å². The van der Waals surface area contributed by atoms with E-state index in [1.165, 1.54) is 11.8 Å². The molecule has 7 nitrogen and oxygen atoms in total. The van der Waals surface area contributed by atoms with Gasteiger partial charge in [0, 0.05) is 19.6 Å². The molecule has 1 saturated carbocycles. The first-order valence-corrected chi connectivity index (χ1v) is 19.2. The molecule has 1 heterocycles. The van der Waals surface area contributed by atoms with Gasteiger partial charge in [0.2, 0.25) is 0 Å². The number of nitrogens with zero attached hydrogens (tertiary/aromatic N) is 2. The topological polar surface area (TPSA) is 85.7 Å². The molecule has 1 aromatic rings. The highest BCUT2D eigenvalue weighted by molar-refractivity contribution is 14.1. The Morgan fingerprint density at radius 1 is 1.11 bits per heavy atom. The monoisotopic (exact) mass is 669 g/mol. The summed E-state index contributed by atoms with van der Waals surface area (Å²) in [5.41, 5.74) is 2.69. The zero-order valence-electron chi connectivity index (χ0n) is 24.0. The summed E-state index contributed by atoms with van der Waals surface area (Å²) >= 11 is 3.81. The number of aliphatic hydroxyl groups excluding tert-OH is 1. The van der Waals surface area contributed by atoms with Crippen LogP contribution < -0.4 is 5.32 Å². The molecule has 1 fully saturated rings. The highest BCUT2D eigenvalue weighted by Crippen LogP contribution is 2.40. The van der Waals surface area contributed by atoms with Gasteiger partial charge < -0.3 is 23.7 Å². The van der Waals surface area contributed by atoms with E-state index in [1.807, 2.05) is 13.2 Å². The molecule has 0 saturated heterocycles. The third-order valence-electron chi connectivity index (χ3n) is 7.31. The van der Waals surface area contributed by atoms with Crippen molar-refractivity contribution in [3.8, 4) is 0 Å². The number of nitrogens with one attached hydrogen (secondary N) is 1. The van der Waals surface area contributed by atoms with Crippen molar-refractivity contribution in [2.75, 3.05) is 25.3 Å². The number of anilines is 1. The lowest BCUT2D eigenvalue weighted by atomic mass is 10.1. The molecule has 1 aromatic heterocycles. The molecule has 0 spiro atoms. The smallest absolute Gasteiger partial charge is 0.333 e. The number of ether oxygens (including phenoxy) is 1. The lowest BCUT2D eigenvalue weighted by Gasteiger charge is -2.43. The second kappa shape index (κ2) is 14.0. The van der Waals surface area contributed by atoms with Crippen molar-refractivity contribution >= 4 is 57.8 Å². The molecule has 0 radical (unpaired) electrons. The standard InChI is InChI=1S/C25H48IN3O4SSi2/c1-14(2)35(15(3)4)33-36(16(5)6,17(7)8)32-13-19-12-20(23(31-10)22(19)30)28-24-21(26)18(9)27-25(29-24)34-11/h14-17,19-20,22-23,30,35H,12-13H2,1-11H3,(H,27,28,29)/t19-,20-,22-,23+/m1/s1. The van der Waals surface area contributed by atoms with E-state index in [-0.39, 0.29) is 18.1 Å². The van der Waals surface area contributed by atoms with Gasteiger partial charge in [-0.3, -0.25) is 0 Å². The molecule has 4 atom stereocenters. The first-order chi connectivity index (χ1) is 16.8. The molecule has 0 aromatic carbocycles. The Balaban J connectivity index is 2.25. The van der Waals surface area contributed by atoms with Crippen LogP contribution in [0.25, 0.3) is 0 Å². The number of aliphatic hydroxyl groups is 1. The first-order valence-electron chi connectivity index (χ1n) is 13.2. The summed E-state index contributed by atoms with van der Waals surface area (Å²) in [6, 6.07) is -0.0698. The van der Waals surface area contributed by atoms with Crippen LogP contribution in [0.4, 0.5) is 5.82 Å². The highest BCUT2D eigenvalue weighted by atomic mass is 127. The van der Waals surface area contributed by atoms with Gasteiger partial charge in [0.05, 0.1) is 21.4 Å². The number of thioether (sulfide) groups is 1. The van der Waals surface area contributed by atoms with Crippen LogP contribution in [0.15, 0.2) is 5.16 Å². The van der Waals surface area contributed by atoms with Crippen LogP contribution >= 0.6 is 34.4 Å². The molecule has 0 unspecified atom stereocenters. The fourth-order valence-corrected chi connectivity index (χ4v) is 16.6. The van der Waals surface area contributed by atoms with Crippen molar-refractivity contribution in [3.63, 3.8) is 0 Å². The highest BCUT2D eigenvalue weighted by Gasteiger charge is 2.50. The third kappa shape index (κ3) is 7.45. The number of rotatable bonds is 13. The predicted octanol–water partition coefficient (Wildman–Crippen LogP) is 6.13. The van der Waals surface area contributed by atoms with Gasteiger partial charge in [-0.05, 0) is 64.4 Å². The van der Waals surface area contributed by atoms with Crippen LogP contribution in [0.2, 0.25) is 22.2 Å². The Hall–Kier alpha value is 0.234. The second-order valence-electron chi connectivity index (χ2n) is 11.3. The fraction of sp³-hybridized carbons (Fsp3) is 0.840. The van der Waals surface area contributed by atoms with Crippen molar-refractivity contribution in [1.29, 1.82) is 0 Å². The van der Waals surface area contributed by atoms with Crippen LogP contribution in [0.3, 0.4) is 0 Å². The molecule has 11 heteroatoms. The number of methoxy groups -OCH3 is 1. The Morgan fingerprint density at radius 3 is 2.17 bits per heavy atom. The molecule has 0 amide bonds. The predicted molar refractivity (Wildman–Crippen MR) is 164 cm³/mol. The number of aromatic nitrogens is 2. The van der Waals surface area contributed by atoms with E-state index in [0.29, 0.717) is 28.8 Å². The fourth-order valence-electron chi connectivity index (χ4n) is 5.41. The molecule has 208 valence electrons. The minimum atomic E-state index is -2.53. The van der Waals surface area contributed by atoms with Gasteiger partial charge in [0.25, 0.3) is 0 Å². The van der Waals surface area contributed by atoms with Gasteiger partial charge in [-0.15, -0.1) is 0 Å². The van der Waals surface area contributed by atoms with E-state index in [9.17, 15) is 5.11 Å². The van der Waals surface area contributed by atoms with Gasteiger partial charge in [0.1, 0.15) is 11.9 Å². The molecule has 36 heavy (non-hydrogen) atoms. The van der Waals surface area contributed by atoms with E-state index in [1.54, 1.807) is 7.11 Å². The van der Waals surface area contributed by atoms with Crippen LogP contribution in [0, 0.1) is 16.4 Å². The SMILES string of the molecule is CO[C@@H]1[C@H](O)[C@@H](CO[Si](O[SiH](C(C)C)C(C)C)(C(C)C)C(C)C)C[C@H]1Nc1nc(SC)nc(C)c1I. The lowest BCUT2D eigenvalue weighted by molar-refractivity contribution is -0.0205. The van der Waals surface area contributed by atoms with Crippen molar-refractivity contribution in [2.45, 2.75) is 114 Å². The minimum Gasteiger partial charge on any atom is -0.437 e. The van der Waals surface area contributed by atoms with Gasteiger partial charge in [-0.1, -0.05) is 67.2 Å². The lowest BCUT2D eigenvalue weighted by Crippen LogP contribution is -2.54. The van der Waals surface area contributed by atoms with Crippen LogP contribution in [0.5, 0.6) is 0 Å². The molecule has 1 aliphatic carbocycles. The van der Waals surface area contributed by atoms with E-state index in [2.05, 4.69) is 93.3 Å². The van der Waals surface area contributed by atoms with Crippen molar-refractivity contribution < 1.29 is 18.4 Å². The summed E-state index contributed by atoms with van der Waals surface area (Å²) in [6.45, 7) is 20.6. The normalized spacial score (nSPS) is 23.2. The van der Waals surface area contributed by atoms with Crippen molar-refractivity contribution in [2.24, 2.45) is 5.92 Å². The zero-order valence-corrected chi connectivity index (χ0v) is 29.1. The van der Waals surface area contributed by atoms with E-state index in [0.717, 1.165) is 26.7 Å². The van der Waals surface area contributed by atoms with Crippen molar-refractivity contribution in [1.82, 2.24) is 9.97 Å². The summed E-state index contributed by atoms with van der Waals surface area (Å²) in [6.07, 6.45) is 1.75. The summed E-state index contributed by atoms with van der Waals surface area (Å²) in [5, 5.41) is 15.6. The number of halogens is 1. The van der Waals surface area contributed by atoms with E-state index in [4.69, 9.17) is 13.3 Å². The van der Waals surface area contributed by atoms with Crippen LogP contribution in [-0.2, 0) is 13.3 Å². The number of aryl methyl sites for hydroxylation is 1. The first kappa shape index (κ1) is 32.4. The number of hydrogen-bond acceptors (Lipinski definition) is 8. The maximum absolute atomic E-state index is 11.3. The summed E-state index contributed by atoms with van der Waals surface area (Å²) in [7, 11) is -2.34. The average Bonchev–Trinajstić information content (AvgIpc) is 3.09. The van der Waals surface area contributed by atoms with Gasteiger partial charge >= 0.3 is 8.56 Å². The summed E-state index contributed by atoms with van der Waals surface area (Å²) in [5.74, 6) is 0.756. The molecule has 0 bridgehead atoms. The Morgan fingerprint density at radius 2 is 1.69 bits per heavy atom. The average molecular weight is 670 g/mol. The maximum Gasteiger partial charge on any atom is 0.333 e. The van der Waals surface area contributed by atoms with Gasteiger partial charge in [0.15, 0.2) is 14.2 Å². The van der Waals surface area contributed by atoms with E-state index < -0.39 is 23.7 Å². The quantitative estimate of drug-likeness (QED) is 0.112. The Kier molecular flexibility index (Phi) is 12.7. The van der Waals surface area contributed by atoms with Gasteiger partial charge in [-0.2, -0.15) is 0 Å². The Bertz CT molecular complexity index is 834. The largest absolute Gasteiger partial charge is 0.437 e. The van der Waals surface area contributed by atoms with Crippen molar-refractivity contribution in [3.05, 3.63) is 9.26 Å². The minimum absolute atomic E-state index is 0.0424. The van der Waals surface area contributed by atoms with Crippen LogP contribution in [-0.4, -0.2) is 70.9 Å². The molecule has 0 aliphatic heterocycles.